The minimum absolute atomic E-state index is 0.211. The van der Waals surface area contributed by atoms with Gasteiger partial charge in [0.2, 0.25) is 0 Å². The Morgan fingerprint density at radius 2 is 1.92 bits per heavy atom. The van der Waals surface area contributed by atoms with Crippen molar-refractivity contribution in [2.75, 3.05) is 26.2 Å². The van der Waals surface area contributed by atoms with Crippen molar-refractivity contribution in [1.29, 1.82) is 0 Å². The maximum Gasteiger partial charge on any atom is 0.0809 e. The molecule has 0 fully saturated rings. The third-order valence-corrected chi connectivity index (χ3v) is 3.35. The van der Waals surface area contributed by atoms with Crippen molar-refractivity contribution >= 4 is 15.9 Å². The Hall–Kier alpha value is 0.400. The minimum atomic E-state index is 0.211. The fourth-order valence-corrected chi connectivity index (χ4v) is 1.30. The van der Waals surface area contributed by atoms with E-state index in [0.717, 1.165) is 11.8 Å². The summed E-state index contributed by atoms with van der Waals surface area (Å²) in [6.07, 6.45) is 1.23. The quantitative estimate of drug-likeness (QED) is 0.663. The molecule has 0 aliphatic rings. The molecule has 0 spiro atoms. The molecule has 2 nitrogen and oxygen atoms in total. The van der Waals surface area contributed by atoms with Crippen LogP contribution in [0.5, 0.6) is 0 Å². The van der Waals surface area contributed by atoms with E-state index in [-0.39, 0.29) is 11.5 Å². The number of hydrogen-bond acceptors (Lipinski definition) is 2. The van der Waals surface area contributed by atoms with E-state index in [9.17, 15) is 0 Å². The Balaban J connectivity index is 3.83. The van der Waals surface area contributed by atoms with Crippen LogP contribution >= 0.6 is 15.9 Å². The van der Waals surface area contributed by atoms with Gasteiger partial charge in [0.05, 0.1) is 12.7 Å². The Morgan fingerprint density at radius 3 is 2.25 bits per heavy atom. The number of halogens is 1. The highest BCUT2D eigenvalue weighted by atomic mass is 79.9. The molecule has 0 aliphatic heterocycles. The van der Waals surface area contributed by atoms with Crippen LogP contribution in [-0.4, -0.2) is 32.3 Å². The van der Waals surface area contributed by atoms with E-state index in [4.69, 9.17) is 9.47 Å². The van der Waals surface area contributed by atoms with Crippen LogP contribution in [0.1, 0.15) is 20.3 Å². The summed E-state index contributed by atoms with van der Waals surface area (Å²) in [5.74, 6) is 0. The van der Waals surface area contributed by atoms with Crippen LogP contribution in [0, 0.1) is 5.41 Å². The van der Waals surface area contributed by atoms with Gasteiger partial charge in [-0.2, -0.15) is 0 Å². The van der Waals surface area contributed by atoms with Crippen LogP contribution in [0.2, 0.25) is 0 Å². The lowest BCUT2D eigenvalue weighted by atomic mass is 9.89. The first-order valence-electron chi connectivity index (χ1n) is 4.13. The molecule has 0 saturated heterocycles. The zero-order chi connectivity index (χ0) is 9.61. The Morgan fingerprint density at radius 1 is 1.33 bits per heavy atom. The van der Waals surface area contributed by atoms with Gasteiger partial charge in [0.15, 0.2) is 0 Å². The lowest BCUT2D eigenvalue weighted by Gasteiger charge is -2.26. The van der Waals surface area contributed by atoms with Crippen LogP contribution in [0.15, 0.2) is 0 Å². The fourth-order valence-electron chi connectivity index (χ4n) is 1.07. The average molecular weight is 239 g/mol. The zero-order valence-electron chi connectivity index (χ0n) is 8.39. The number of rotatable bonds is 6. The van der Waals surface area contributed by atoms with Crippen LogP contribution in [-0.2, 0) is 9.47 Å². The van der Waals surface area contributed by atoms with E-state index in [0.29, 0.717) is 6.61 Å². The van der Waals surface area contributed by atoms with Gasteiger partial charge in [0.1, 0.15) is 0 Å². The second-order valence-corrected chi connectivity index (χ2v) is 4.38. The normalized spacial score (nSPS) is 14.8. The van der Waals surface area contributed by atoms with Crippen LogP contribution in [0.4, 0.5) is 0 Å². The van der Waals surface area contributed by atoms with Crippen molar-refractivity contribution in [2.45, 2.75) is 26.4 Å². The highest BCUT2D eigenvalue weighted by molar-refractivity contribution is 9.09. The van der Waals surface area contributed by atoms with Gasteiger partial charge in [-0.05, 0) is 11.8 Å². The van der Waals surface area contributed by atoms with Crippen molar-refractivity contribution in [3.8, 4) is 0 Å². The molecule has 3 heteroatoms. The van der Waals surface area contributed by atoms with E-state index >= 15 is 0 Å². The van der Waals surface area contributed by atoms with Gasteiger partial charge < -0.3 is 9.47 Å². The van der Waals surface area contributed by atoms with Crippen molar-refractivity contribution in [3.63, 3.8) is 0 Å². The summed E-state index contributed by atoms with van der Waals surface area (Å²) in [6, 6.07) is 0. The summed E-state index contributed by atoms with van der Waals surface area (Å²) in [6.45, 7) is 5.10. The molecule has 0 aliphatic carbocycles. The smallest absolute Gasteiger partial charge is 0.0809 e. The van der Waals surface area contributed by atoms with Crippen molar-refractivity contribution in [2.24, 2.45) is 5.41 Å². The first-order chi connectivity index (χ1) is 5.55. The summed E-state index contributed by atoms with van der Waals surface area (Å²) in [5.41, 5.74) is 0.277. The van der Waals surface area contributed by atoms with Gasteiger partial charge in [-0.25, -0.2) is 0 Å². The van der Waals surface area contributed by atoms with E-state index in [1.165, 1.54) is 0 Å². The van der Waals surface area contributed by atoms with Gasteiger partial charge in [0, 0.05) is 19.5 Å². The van der Waals surface area contributed by atoms with Gasteiger partial charge in [-0.15, -0.1) is 0 Å². The molecule has 12 heavy (non-hydrogen) atoms. The maximum atomic E-state index is 5.28. The van der Waals surface area contributed by atoms with Gasteiger partial charge in [-0.3, -0.25) is 0 Å². The van der Waals surface area contributed by atoms with Crippen molar-refractivity contribution in [1.82, 2.24) is 0 Å². The summed E-state index contributed by atoms with van der Waals surface area (Å²) < 4.78 is 10.3. The lowest BCUT2D eigenvalue weighted by molar-refractivity contribution is 0.00594. The van der Waals surface area contributed by atoms with Gasteiger partial charge in [0.25, 0.3) is 0 Å². The molecule has 1 atom stereocenters. The predicted molar refractivity (Wildman–Crippen MR) is 54.9 cm³/mol. The highest BCUT2D eigenvalue weighted by Gasteiger charge is 2.21. The topological polar surface area (TPSA) is 18.5 Å². The summed E-state index contributed by atoms with van der Waals surface area (Å²) in [5, 5.41) is 0.990. The van der Waals surface area contributed by atoms with E-state index < -0.39 is 0 Å². The van der Waals surface area contributed by atoms with Crippen molar-refractivity contribution in [3.05, 3.63) is 0 Å². The van der Waals surface area contributed by atoms with Crippen LogP contribution in [0.3, 0.4) is 0 Å². The monoisotopic (exact) mass is 238 g/mol. The molecule has 0 amide bonds. The average Bonchev–Trinajstić information content (AvgIpc) is 2.03. The third-order valence-electron chi connectivity index (χ3n) is 1.83. The van der Waals surface area contributed by atoms with E-state index in [2.05, 4.69) is 29.8 Å². The summed E-state index contributed by atoms with van der Waals surface area (Å²) in [7, 11) is 3.43. The predicted octanol–water partition coefficient (Wildman–Crippen LogP) is 2.46. The van der Waals surface area contributed by atoms with E-state index in [1.807, 2.05) is 0 Å². The lowest BCUT2D eigenvalue weighted by Crippen LogP contribution is -2.26. The van der Waals surface area contributed by atoms with Gasteiger partial charge in [-0.1, -0.05) is 29.8 Å². The molecular formula is C9H19BrO2. The van der Waals surface area contributed by atoms with E-state index in [1.54, 1.807) is 14.2 Å². The highest BCUT2D eigenvalue weighted by Crippen LogP contribution is 2.25. The molecule has 0 aromatic carbocycles. The molecule has 0 bridgehead atoms. The number of alkyl halides is 1. The molecule has 74 valence electrons. The summed E-state index contributed by atoms with van der Waals surface area (Å²) >= 11 is 3.48. The second-order valence-electron chi connectivity index (χ2n) is 3.82. The molecule has 0 radical (unpaired) electrons. The molecule has 0 aromatic heterocycles. The molecule has 0 aromatic rings. The Bertz CT molecular complexity index is 115. The molecule has 0 N–H and O–H groups in total. The number of methoxy groups -OCH3 is 2. The Kier molecular flexibility index (Phi) is 6.14. The third kappa shape index (κ3) is 5.12. The Labute approximate surface area is 83.8 Å². The first-order valence-corrected chi connectivity index (χ1v) is 5.25. The molecule has 0 heterocycles. The molecule has 1 unspecified atom stereocenters. The molecule has 0 saturated carbocycles. The summed E-state index contributed by atoms with van der Waals surface area (Å²) in [4.78, 5) is 0. The standard InChI is InChI=1S/C9H19BrO2/c1-9(2,7-10)5-8(12-4)6-11-3/h8H,5-7H2,1-4H3. The first kappa shape index (κ1) is 12.4. The largest absolute Gasteiger partial charge is 0.382 e. The van der Waals surface area contributed by atoms with Crippen LogP contribution in [0.25, 0.3) is 0 Å². The van der Waals surface area contributed by atoms with Crippen LogP contribution < -0.4 is 0 Å². The van der Waals surface area contributed by atoms with Crippen molar-refractivity contribution < 1.29 is 9.47 Å². The van der Waals surface area contributed by atoms with Gasteiger partial charge >= 0.3 is 0 Å². The SMILES string of the molecule is COCC(CC(C)(C)CBr)OC. The molecule has 0 rings (SSSR count). The number of ether oxygens (including phenoxy) is 2. The minimum Gasteiger partial charge on any atom is -0.382 e. The fraction of sp³-hybridized carbons (Fsp3) is 1.00. The zero-order valence-corrected chi connectivity index (χ0v) is 9.98. The number of hydrogen-bond donors (Lipinski definition) is 0. The second kappa shape index (κ2) is 5.95. The maximum absolute atomic E-state index is 5.28. The molecular weight excluding hydrogens is 220 g/mol.